The first-order valence-electron chi connectivity index (χ1n) is 7.25. The minimum absolute atomic E-state index is 0.210. The summed E-state index contributed by atoms with van der Waals surface area (Å²) in [5.41, 5.74) is 0.352. The van der Waals surface area contributed by atoms with Gasteiger partial charge in [0, 0.05) is 10.0 Å². The monoisotopic (exact) mass is 438 g/mol. The summed E-state index contributed by atoms with van der Waals surface area (Å²) in [4.78, 5) is 4.21. The van der Waals surface area contributed by atoms with Gasteiger partial charge in [0.2, 0.25) is 0 Å². The van der Waals surface area contributed by atoms with Crippen LogP contribution in [-0.2, 0) is 6.18 Å². The summed E-state index contributed by atoms with van der Waals surface area (Å²) >= 11 is 4.53. The normalized spacial score (nSPS) is 12.2. The smallest absolute Gasteiger partial charge is 0.416 e. The van der Waals surface area contributed by atoms with Gasteiger partial charge in [-0.05, 0) is 42.5 Å². The highest BCUT2D eigenvalue weighted by Crippen LogP contribution is 2.35. The van der Waals surface area contributed by atoms with Crippen LogP contribution in [-0.4, -0.2) is 12.1 Å². The summed E-state index contributed by atoms with van der Waals surface area (Å²) < 4.78 is 45.2. The Morgan fingerprint density at radius 2 is 2.04 bits per heavy atom. The molecule has 0 fully saturated rings. The van der Waals surface area contributed by atoms with Crippen molar-refractivity contribution in [3.63, 3.8) is 0 Å². The second-order valence-corrected chi connectivity index (χ2v) is 7.20. The molecule has 1 aromatic heterocycles. The molecule has 0 N–H and O–H groups in total. The first-order valence-corrected chi connectivity index (χ1v) is 8.86. The van der Waals surface area contributed by atoms with Crippen LogP contribution < -0.4 is 4.74 Å². The number of benzene rings is 2. The van der Waals surface area contributed by atoms with Crippen LogP contribution in [0, 0.1) is 11.3 Å². The molecule has 0 saturated carbocycles. The molecule has 0 amide bonds. The number of ether oxygens (including phenoxy) is 1. The Kier molecular flexibility index (Phi) is 5.03. The maximum Gasteiger partial charge on any atom is 0.416 e. The Bertz CT molecular complexity index is 1050. The van der Waals surface area contributed by atoms with Crippen molar-refractivity contribution in [2.45, 2.75) is 6.18 Å². The third-order valence-corrected chi connectivity index (χ3v) is 5.12. The number of thiazole rings is 1. The number of halogens is 4. The van der Waals surface area contributed by atoms with E-state index in [0.717, 1.165) is 27.9 Å². The highest BCUT2D eigenvalue weighted by Gasteiger charge is 2.30. The van der Waals surface area contributed by atoms with Gasteiger partial charge in [-0.2, -0.15) is 18.4 Å². The van der Waals surface area contributed by atoms with Gasteiger partial charge in [0.05, 0.1) is 28.5 Å². The Morgan fingerprint density at radius 1 is 1.27 bits per heavy atom. The summed E-state index contributed by atoms with van der Waals surface area (Å²) in [6, 6.07) is 10.8. The van der Waals surface area contributed by atoms with Crippen molar-refractivity contribution in [3.8, 4) is 11.8 Å². The molecule has 0 spiro atoms. The number of nitriles is 1. The lowest BCUT2D eigenvalue weighted by Crippen LogP contribution is -2.03. The highest BCUT2D eigenvalue weighted by molar-refractivity contribution is 9.10. The lowest BCUT2D eigenvalue weighted by atomic mass is 10.1. The molecule has 8 heteroatoms. The zero-order valence-electron chi connectivity index (χ0n) is 13.3. The van der Waals surface area contributed by atoms with Gasteiger partial charge in [0.15, 0.2) is 0 Å². The summed E-state index contributed by atoms with van der Waals surface area (Å²) in [6.07, 6.45) is -2.83. The predicted octanol–water partition coefficient (Wildman–Crippen LogP) is 6.15. The number of allylic oxidation sites excluding steroid dienone is 1. The van der Waals surface area contributed by atoms with Crippen LogP contribution in [0.15, 0.2) is 40.9 Å². The summed E-state index contributed by atoms with van der Waals surface area (Å²) in [6.45, 7) is 0. The summed E-state index contributed by atoms with van der Waals surface area (Å²) in [5.74, 6) is 0.571. The number of methoxy groups -OCH3 is 1. The van der Waals surface area contributed by atoms with E-state index in [1.54, 1.807) is 24.3 Å². The van der Waals surface area contributed by atoms with Gasteiger partial charge in [-0.1, -0.05) is 15.9 Å². The van der Waals surface area contributed by atoms with E-state index >= 15 is 0 Å². The van der Waals surface area contributed by atoms with E-state index in [1.165, 1.54) is 13.2 Å². The van der Waals surface area contributed by atoms with E-state index in [2.05, 4.69) is 27.0 Å². The number of fused-ring (bicyclic) bond motifs is 1. The molecule has 0 radical (unpaired) electrons. The molecular weight excluding hydrogens is 429 g/mol. The van der Waals surface area contributed by atoms with E-state index < -0.39 is 11.7 Å². The SMILES string of the molecule is COc1ccc(Br)cc1/C=C(\C#N)c1nc2cc(C(F)(F)F)ccc2s1. The molecule has 3 aromatic rings. The maximum absolute atomic E-state index is 12.8. The average molecular weight is 439 g/mol. The molecule has 2 aromatic carbocycles. The molecule has 0 saturated heterocycles. The minimum Gasteiger partial charge on any atom is -0.496 e. The van der Waals surface area contributed by atoms with E-state index in [9.17, 15) is 18.4 Å². The van der Waals surface area contributed by atoms with Crippen molar-refractivity contribution < 1.29 is 17.9 Å². The zero-order valence-corrected chi connectivity index (χ0v) is 15.7. The van der Waals surface area contributed by atoms with E-state index in [0.29, 0.717) is 21.0 Å². The molecule has 0 aliphatic rings. The number of rotatable bonds is 3. The molecule has 3 nitrogen and oxygen atoms in total. The van der Waals surface area contributed by atoms with Crippen molar-refractivity contribution >= 4 is 49.1 Å². The van der Waals surface area contributed by atoms with Crippen LogP contribution in [0.3, 0.4) is 0 Å². The number of hydrogen-bond acceptors (Lipinski definition) is 4. The standard InChI is InChI=1S/C18H10BrF3N2OS/c1-25-15-4-3-13(19)7-10(15)6-11(9-23)17-24-14-8-12(18(20,21)22)2-5-16(14)26-17/h2-8H,1H3/b11-6+. The van der Waals surface area contributed by atoms with Crippen LogP contribution in [0.5, 0.6) is 5.75 Å². The average Bonchev–Trinajstić information content (AvgIpc) is 3.02. The van der Waals surface area contributed by atoms with Gasteiger partial charge in [-0.25, -0.2) is 4.98 Å². The molecule has 0 atom stereocenters. The van der Waals surface area contributed by atoms with Gasteiger partial charge >= 0.3 is 6.18 Å². The topological polar surface area (TPSA) is 45.9 Å². The maximum atomic E-state index is 12.8. The van der Waals surface area contributed by atoms with Crippen LogP contribution in [0.25, 0.3) is 21.9 Å². The first kappa shape index (κ1) is 18.4. The quantitative estimate of drug-likeness (QED) is 0.460. The van der Waals surface area contributed by atoms with Gasteiger partial charge < -0.3 is 4.74 Å². The molecule has 0 bridgehead atoms. The zero-order chi connectivity index (χ0) is 18.9. The largest absolute Gasteiger partial charge is 0.496 e. The van der Waals surface area contributed by atoms with Crippen molar-refractivity contribution in [1.82, 2.24) is 4.98 Å². The van der Waals surface area contributed by atoms with E-state index in [4.69, 9.17) is 4.74 Å². The minimum atomic E-state index is -4.43. The van der Waals surface area contributed by atoms with E-state index in [1.807, 2.05) is 0 Å². The van der Waals surface area contributed by atoms with Crippen molar-refractivity contribution in [3.05, 3.63) is 57.0 Å². The fourth-order valence-electron chi connectivity index (χ4n) is 2.33. The van der Waals surface area contributed by atoms with Gasteiger partial charge in [0.1, 0.15) is 16.8 Å². The highest BCUT2D eigenvalue weighted by atomic mass is 79.9. The van der Waals surface area contributed by atoms with Crippen molar-refractivity contribution in [2.75, 3.05) is 7.11 Å². The Balaban J connectivity index is 2.09. The second-order valence-electron chi connectivity index (χ2n) is 5.26. The third-order valence-electron chi connectivity index (χ3n) is 3.56. The number of aromatic nitrogens is 1. The molecule has 132 valence electrons. The number of nitrogens with zero attached hydrogens (tertiary/aromatic N) is 2. The summed E-state index contributed by atoms with van der Waals surface area (Å²) in [7, 11) is 1.52. The molecule has 0 unspecified atom stereocenters. The Morgan fingerprint density at radius 3 is 2.69 bits per heavy atom. The molecule has 26 heavy (non-hydrogen) atoms. The Labute approximate surface area is 159 Å². The van der Waals surface area contributed by atoms with Crippen molar-refractivity contribution in [1.29, 1.82) is 5.26 Å². The third kappa shape index (κ3) is 3.74. The number of alkyl halides is 3. The fourth-order valence-corrected chi connectivity index (χ4v) is 3.63. The lowest BCUT2D eigenvalue weighted by Gasteiger charge is -2.05. The molecular formula is C18H10BrF3N2OS. The van der Waals surface area contributed by atoms with Crippen LogP contribution in [0.4, 0.5) is 13.2 Å². The summed E-state index contributed by atoms with van der Waals surface area (Å²) in [5, 5.41) is 9.85. The van der Waals surface area contributed by atoms with Crippen molar-refractivity contribution in [2.24, 2.45) is 0 Å². The molecule has 0 aliphatic heterocycles. The lowest BCUT2D eigenvalue weighted by molar-refractivity contribution is -0.137. The van der Waals surface area contributed by atoms with Crippen LogP contribution >= 0.6 is 27.3 Å². The van der Waals surface area contributed by atoms with Gasteiger partial charge in [-0.15, -0.1) is 11.3 Å². The second kappa shape index (κ2) is 7.09. The van der Waals surface area contributed by atoms with Gasteiger partial charge in [-0.3, -0.25) is 0 Å². The number of hydrogen-bond donors (Lipinski definition) is 0. The molecule has 3 rings (SSSR count). The predicted molar refractivity (Wildman–Crippen MR) is 98.8 cm³/mol. The van der Waals surface area contributed by atoms with Crippen LogP contribution in [0.2, 0.25) is 0 Å². The fraction of sp³-hybridized carbons (Fsp3) is 0.111. The van der Waals surface area contributed by atoms with E-state index in [-0.39, 0.29) is 11.1 Å². The van der Waals surface area contributed by atoms with Crippen LogP contribution in [0.1, 0.15) is 16.1 Å². The molecule has 1 heterocycles. The Hall–Kier alpha value is -2.37. The first-order chi connectivity index (χ1) is 12.3. The molecule has 0 aliphatic carbocycles. The van der Waals surface area contributed by atoms with Gasteiger partial charge in [0.25, 0.3) is 0 Å².